The second-order valence-electron chi connectivity index (χ2n) is 7.38. The molecule has 6 nitrogen and oxygen atoms in total. The molecular weight excluding hydrogens is 360 g/mol. The molecule has 1 atom stereocenters. The average molecular weight is 385 g/mol. The molecule has 7 heteroatoms. The fourth-order valence-electron chi connectivity index (χ4n) is 3.39. The molecule has 3 aromatic heterocycles. The average Bonchev–Trinajstić information content (AvgIpc) is 3.23. The Bertz CT molecular complexity index is 974. The van der Waals surface area contributed by atoms with Gasteiger partial charge in [-0.3, -0.25) is 9.69 Å². The first-order chi connectivity index (χ1) is 13.0. The Hall–Kier alpha value is -2.25. The van der Waals surface area contributed by atoms with Gasteiger partial charge >= 0.3 is 0 Å². The highest BCUT2D eigenvalue weighted by molar-refractivity contribution is 7.20. The monoisotopic (exact) mass is 384 g/mol. The normalized spacial score (nSPS) is 15.4. The Kier molecular flexibility index (Phi) is 4.74. The van der Waals surface area contributed by atoms with Gasteiger partial charge in [-0.25, -0.2) is 9.97 Å². The zero-order chi connectivity index (χ0) is 19.1. The number of hydrogen-bond donors (Lipinski definition) is 1. The van der Waals surface area contributed by atoms with Gasteiger partial charge in [-0.1, -0.05) is 0 Å². The van der Waals surface area contributed by atoms with E-state index in [2.05, 4.69) is 10.3 Å². The summed E-state index contributed by atoms with van der Waals surface area (Å²) in [4.78, 5) is 25.9. The molecule has 142 valence electrons. The number of thiophene rings is 1. The highest BCUT2D eigenvalue weighted by Crippen LogP contribution is 2.40. The van der Waals surface area contributed by atoms with Crippen LogP contribution in [0.2, 0.25) is 0 Å². The summed E-state index contributed by atoms with van der Waals surface area (Å²) in [6.07, 6.45) is 3.99. The van der Waals surface area contributed by atoms with Crippen molar-refractivity contribution in [3.63, 3.8) is 0 Å². The van der Waals surface area contributed by atoms with Gasteiger partial charge in [0.1, 0.15) is 16.4 Å². The van der Waals surface area contributed by atoms with E-state index in [0.717, 1.165) is 33.1 Å². The van der Waals surface area contributed by atoms with Crippen molar-refractivity contribution in [3.8, 4) is 0 Å². The molecule has 1 aliphatic carbocycles. The molecule has 1 N–H and O–H groups in total. The van der Waals surface area contributed by atoms with Crippen molar-refractivity contribution in [2.45, 2.75) is 38.6 Å². The van der Waals surface area contributed by atoms with Crippen molar-refractivity contribution in [1.82, 2.24) is 20.2 Å². The number of amides is 1. The second-order valence-corrected chi connectivity index (χ2v) is 8.38. The number of fused-ring (bicyclic) bond motifs is 1. The minimum Gasteiger partial charge on any atom is -0.468 e. The van der Waals surface area contributed by atoms with E-state index in [1.165, 1.54) is 24.2 Å². The zero-order valence-corrected chi connectivity index (χ0v) is 16.9. The fourth-order valence-corrected chi connectivity index (χ4v) is 4.54. The summed E-state index contributed by atoms with van der Waals surface area (Å²) >= 11 is 1.46. The molecule has 1 amide bonds. The topological polar surface area (TPSA) is 71.3 Å². The zero-order valence-electron chi connectivity index (χ0n) is 16.1. The van der Waals surface area contributed by atoms with E-state index in [-0.39, 0.29) is 11.9 Å². The molecule has 1 saturated carbocycles. The summed E-state index contributed by atoms with van der Waals surface area (Å²) in [5.41, 5.74) is 1.93. The quantitative estimate of drug-likeness (QED) is 0.700. The van der Waals surface area contributed by atoms with Crippen molar-refractivity contribution in [2.75, 3.05) is 20.6 Å². The number of aromatic nitrogens is 2. The Morgan fingerprint density at radius 2 is 2.15 bits per heavy atom. The maximum atomic E-state index is 12.9. The van der Waals surface area contributed by atoms with Crippen LogP contribution in [0.5, 0.6) is 0 Å². The summed E-state index contributed by atoms with van der Waals surface area (Å²) in [5.74, 6) is 2.20. The molecule has 3 aromatic rings. The van der Waals surface area contributed by atoms with Gasteiger partial charge in [-0.2, -0.15) is 0 Å². The lowest BCUT2D eigenvalue weighted by Crippen LogP contribution is -2.34. The van der Waals surface area contributed by atoms with Crippen LogP contribution in [0.1, 0.15) is 57.3 Å². The first kappa shape index (κ1) is 18.1. The van der Waals surface area contributed by atoms with Crippen molar-refractivity contribution in [1.29, 1.82) is 0 Å². The smallest absolute Gasteiger partial charge is 0.261 e. The summed E-state index contributed by atoms with van der Waals surface area (Å²) in [6, 6.07) is 3.78. The number of hydrogen-bond acceptors (Lipinski definition) is 6. The van der Waals surface area contributed by atoms with Gasteiger partial charge in [-0.05, 0) is 58.5 Å². The molecule has 0 bridgehead atoms. The summed E-state index contributed by atoms with van der Waals surface area (Å²) < 4.78 is 5.52. The first-order valence-electron chi connectivity index (χ1n) is 9.21. The molecular formula is C20H24N4O2S. The molecule has 0 spiro atoms. The van der Waals surface area contributed by atoms with E-state index in [1.807, 2.05) is 45.0 Å². The Morgan fingerprint density at radius 3 is 2.78 bits per heavy atom. The van der Waals surface area contributed by atoms with Crippen LogP contribution in [0, 0.1) is 13.8 Å². The molecule has 0 aliphatic heterocycles. The minimum atomic E-state index is -0.0683. The van der Waals surface area contributed by atoms with Gasteiger partial charge in [0.2, 0.25) is 0 Å². The van der Waals surface area contributed by atoms with E-state index in [9.17, 15) is 4.79 Å². The molecule has 1 aliphatic rings. The Labute approximate surface area is 162 Å². The van der Waals surface area contributed by atoms with E-state index in [1.54, 1.807) is 6.26 Å². The SMILES string of the molecule is Cc1nc(C2CC2)nc2sc(C(=O)NCC(c3ccco3)N(C)C)c(C)c12. The minimum absolute atomic E-state index is 0.0124. The number of carbonyl (C=O) groups excluding carboxylic acids is 1. The molecule has 0 radical (unpaired) electrons. The highest BCUT2D eigenvalue weighted by Gasteiger charge is 2.28. The lowest BCUT2D eigenvalue weighted by Gasteiger charge is -2.22. The molecule has 0 aromatic carbocycles. The maximum absolute atomic E-state index is 12.9. The number of nitrogens with zero attached hydrogens (tertiary/aromatic N) is 3. The van der Waals surface area contributed by atoms with Gasteiger partial charge in [0.05, 0.1) is 22.9 Å². The third kappa shape index (κ3) is 3.49. The number of carbonyl (C=O) groups is 1. The summed E-state index contributed by atoms with van der Waals surface area (Å²) in [7, 11) is 3.95. The number of likely N-dealkylation sites (N-methyl/N-ethyl adjacent to an activating group) is 1. The van der Waals surface area contributed by atoms with Crippen molar-refractivity contribution in [3.05, 3.63) is 46.1 Å². The molecule has 4 rings (SSSR count). The van der Waals surface area contributed by atoms with Crippen LogP contribution in [0.3, 0.4) is 0 Å². The predicted octanol–water partition coefficient (Wildman–Crippen LogP) is 3.81. The van der Waals surface area contributed by atoms with Gasteiger partial charge in [0.15, 0.2) is 0 Å². The first-order valence-corrected chi connectivity index (χ1v) is 10.0. The third-order valence-corrected chi connectivity index (χ3v) is 6.27. The molecule has 27 heavy (non-hydrogen) atoms. The number of furan rings is 1. The van der Waals surface area contributed by atoms with Crippen molar-refractivity contribution in [2.24, 2.45) is 0 Å². The van der Waals surface area contributed by atoms with E-state index in [0.29, 0.717) is 17.3 Å². The Balaban J connectivity index is 1.57. The largest absolute Gasteiger partial charge is 0.468 e. The van der Waals surface area contributed by atoms with Crippen LogP contribution < -0.4 is 5.32 Å². The summed E-state index contributed by atoms with van der Waals surface area (Å²) in [5, 5.41) is 4.08. The Morgan fingerprint density at radius 1 is 1.37 bits per heavy atom. The maximum Gasteiger partial charge on any atom is 0.261 e. The van der Waals surface area contributed by atoms with Crippen LogP contribution >= 0.6 is 11.3 Å². The molecule has 1 fully saturated rings. The van der Waals surface area contributed by atoms with Crippen LogP contribution in [0.15, 0.2) is 22.8 Å². The third-order valence-electron chi connectivity index (χ3n) is 5.09. The van der Waals surface area contributed by atoms with Crippen LogP contribution in [-0.2, 0) is 0 Å². The number of nitrogens with one attached hydrogen (secondary N) is 1. The number of rotatable bonds is 6. The lowest BCUT2D eigenvalue weighted by molar-refractivity contribution is 0.0942. The van der Waals surface area contributed by atoms with Gasteiger partial charge in [-0.15, -0.1) is 11.3 Å². The van der Waals surface area contributed by atoms with Gasteiger partial charge < -0.3 is 9.73 Å². The van der Waals surface area contributed by atoms with E-state index >= 15 is 0 Å². The number of aryl methyl sites for hydroxylation is 2. The summed E-state index contributed by atoms with van der Waals surface area (Å²) in [6.45, 7) is 4.47. The van der Waals surface area contributed by atoms with Crippen LogP contribution in [-0.4, -0.2) is 41.4 Å². The van der Waals surface area contributed by atoms with E-state index in [4.69, 9.17) is 9.40 Å². The second kappa shape index (κ2) is 7.05. The predicted molar refractivity (Wildman–Crippen MR) is 106 cm³/mol. The fraction of sp³-hybridized carbons (Fsp3) is 0.450. The van der Waals surface area contributed by atoms with Crippen molar-refractivity contribution < 1.29 is 9.21 Å². The highest BCUT2D eigenvalue weighted by atomic mass is 32.1. The van der Waals surface area contributed by atoms with Gasteiger partial charge in [0, 0.05) is 17.8 Å². The molecule has 3 heterocycles. The standard InChI is InChI=1S/C20H24N4O2S/c1-11-16-12(2)22-18(13-7-8-13)23-20(16)27-17(11)19(25)21-10-14(24(3)4)15-6-5-9-26-15/h5-6,9,13-14H,7-8,10H2,1-4H3,(H,21,25). The van der Waals surface area contributed by atoms with Gasteiger partial charge in [0.25, 0.3) is 5.91 Å². The molecule has 1 unspecified atom stereocenters. The lowest BCUT2D eigenvalue weighted by atomic mass is 10.1. The van der Waals surface area contributed by atoms with Crippen LogP contribution in [0.4, 0.5) is 0 Å². The van der Waals surface area contributed by atoms with Crippen molar-refractivity contribution >= 4 is 27.5 Å². The van der Waals surface area contributed by atoms with Crippen LogP contribution in [0.25, 0.3) is 10.2 Å². The molecule has 0 saturated heterocycles. The van der Waals surface area contributed by atoms with E-state index < -0.39 is 0 Å².